The van der Waals surface area contributed by atoms with E-state index in [0.29, 0.717) is 18.9 Å². The fraction of sp³-hybridized carbons (Fsp3) is 0.593. The lowest BCUT2D eigenvalue weighted by Gasteiger charge is -2.38. The number of anilines is 2. The molecule has 1 aromatic heterocycles. The van der Waals surface area contributed by atoms with Crippen LogP contribution < -0.4 is 15.5 Å². The number of rotatable bonds is 10. The van der Waals surface area contributed by atoms with Gasteiger partial charge in [-0.1, -0.05) is 12.1 Å². The van der Waals surface area contributed by atoms with Crippen LogP contribution in [0.25, 0.3) is 0 Å². The monoisotopic (exact) mass is 480 g/mol. The molecule has 1 unspecified atom stereocenters. The first-order valence-corrected chi connectivity index (χ1v) is 13.1. The number of piperidine rings is 2. The molecule has 2 aliphatic heterocycles. The molecule has 3 heterocycles. The Kier molecular flexibility index (Phi) is 8.79. The summed E-state index contributed by atoms with van der Waals surface area (Å²) in [5.74, 6) is 0.452. The molecule has 1 aromatic carbocycles. The van der Waals surface area contributed by atoms with E-state index in [1.54, 1.807) is 7.05 Å². The van der Waals surface area contributed by atoms with Gasteiger partial charge in [-0.25, -0.2) is 0 Å². The Morgan fingerprint density at radius 2 is 1.80 bits per heavy atom. The number of hydrogen-bond acceptors (Lipinski definition) is 6. The molecule has 35 heavy (non-hydrogen) atoms. The van der Waals surface area contributed by atoms with Gasteiger partial charge in [0.15, 0.2) is 0 Å². The number of nitrogens with zero attached hydrogens (tertiary/aromatic N) is 4. The molecule has 0 saturated carbocycles. The lowest BCUT2D eigenvalue weighted by atomic mass is 9.92. The third-order valence-electron chi connectivity index (χ3n) is 7.75. The topological polar surface area (TPSA) is 82.5 Å². The zero-order chi connectivity index (χ0) is 24.6. The van der Waals surface area contributed by atoms with E-state index in [-0.39, 0.29) is 11.8 Å². The number of amides is 1. The van der Waals surface area contributed by atoms with Crippen LogP contribution in [0.15, 0.2) is 36.7 Å². The molecule has 2 aliphatic rings. The fourth-order valence-corrected chi connectivity index (χ4v) is 5.55. The van der Waals surface area contributed by atoms with Crippen molar-refractivity contribution in [2.45, 2.75) is 50.5 Å². The number of aromatic nitrogens is 2. The quantitative estimate of drug-likeness (QED) is 0.508. The lowest BCUT2D eigenvalue weighted by Crippen LogP contribution is -2.42. The highest BCUT2D eigenvalue weighted by Crippen LogP contribution is 2.29. The van der Waals surface area contributed by atoms with Crippen molar-refractivity contribution in [3.8, 4) is 0 Å². The van der Waals surface area contributed by atoms with Crippen LogP contribution in [-0.4, -0.2) is 73.7 Å². The van der Waals surface area contributed by atoms with Gasteiger partial charge < -0.3 is 25.2 Å². The van der Waals surface area contributed by atoms with E-state index in [1.165, 1.54) is 37.9 Å². The molecule has 2 aromatic rings. The number of aldehydes is 1. The van der Waals surface area contributed by atoms with Crippen LogP contribution in [0.5, 0.6) is 0 Å². The molecule has 1 amide bonds. The Balaban J connectivity index is 1.23. The summed E-state index contributed by atoms with van der Waals surface area (Å²) in [6.07, 6.45) is 10.6. The molecule has 2 fully saturated rings. The Labute approximate surface area is 209 Å². The van der Waals surface area contributed by atoms with Crippen molar-refractivity contribution < 1.29 is 9.59 Å². The predicted molar refractivity (Wildman–Crippen MR) is 140 cm³/mol. The number of carbonyl (C=O) groups excluding carboxylic acids is 2. The zero-order valence-electron chi connectivity index (χ0n) is 21.2. The van der Waals surface area contributed by atoms with Crippen molar-refractivity contribution in [1.82, 2.24) is 20.0 Å². The van der Waals surface area contributed by atoms with E-state index >= 15 is 0 Å². The summed E-state index contributed by atoms with van der Waals surface area (Å²) in [5.41, 5.74) is 3.28. The van der Waals surface area contributed by atoms with Gasteiger partial charge in [0.25, 0.3) is 0 Å². The number of nitrogens with one attached hydrogen (secondary N) is 2. The highest BCUT2D eigenvalue weighted by molar-refractivity contribution is 5.83. The molecule has 8 nitrogen and oxygen atoms in total. The minimum atomic E-state index is -0.271. The third-order valence-corrected chi connectivity index (χ3v) is 7.75. The van der Waals surface area contributed by atoms with E-state index in [2.05, 4.69) is 60.7 Å². The van der Waals surface area contributed by atoms with E-state index in [1.807, 2.05) is 13.2 Å². The highest BCUT2D eigenvalue weighted by atomic mass is 16.1. The van der Waals surface area contributed by atoms with Gasteiger partial charge in [0.1, 0.15) is 6.29 Å². The minimum Gasteiger partial charge on any atom is -0.386 e. The normalized spacial score (nSPS) is 18.9. The summed E-state index contributed by atoms with van der Waals surface area (Å²) < 4.78 is 2.13. The lowest BCUT2D eigenvalue weighted by molar-refractivity contribution is -0.122. The molecule has 190 valence electrons. The summed E-state index contributed by atoms with van der Waals surface area (Å²) in [5, 5.41) is 10.4. The van der Waals surface area contributed by atoms with E-state index in [9.17, 15) is 9.59 Å². The summed E-state index contributed by atoms with van der Waals surface area (Å²) >= 11 is 0. The van der Waals surface area contributed by atoms with E-state index < -0.39 is 0 Å². The van der Waals surface area contributed by atoms with Crippen LogP contribution in [0.1, 0.15) is 56.0 Å². The van der Waals surface area contributed by atoms with Crippen LogP contribution in [0.3, 0.4) is 0 Å². The van der Waals surface area contributed by atoms with Crippen molar-refractivity contribution in [2.24, 2.45) is 5.92 Å². The molecule has 0 aliphatic carbocycles. The summed E-state index contributed by atoms with van der Waals surface area (Å²) in [4.78, 5) is 28.2. The molecule has 0 spiro atoms. The Morgan fingerprint density at radius 3 is 2.40 bits per heavy atom. The second-order valence-electron chi connectivity index (χ2n) is 9.92. The summed E-state index contributed by atoms with van der Waals surface area (Å²) in [6, 6.07) is 8.88. The van der Waals surface area contributed by atoms with Crippen molar-refractivity contribution >= 4 is 23.6 Å². The number of likely N-dealkylation sites (tertiary alicyclic amines) is 1. The smallest absolute Gasteiger partial charge is 0.227 e. The first kappa shape index (κ1) is 25.2. The first-order chi connectivity index (χ1) is 17.1. The van der Waals surface area contributed by atoms with Gasteiger partial charge in [-0.15, -0.1) is 0 Å². The molecule has 0 bridgehead atoms. The largest absolute Gasteiger partial charge is 0.386 e. The zero-order valence-corrected chi connectivity index (χ0v) is 21.2. The van der Waals surface area contributed by atoms with Gasteiger partial charge >= 0.3 is 0 Å². The number of benzene rings is 1. The van der Waals surface area contributed by atoms with Crippen molar-refractivity contribution in [3.63, 3.8) is 0 Å². The molecule has 0 radical (unpaired) electrons. The molecule has 2 saturated heterocycles. The van der Waals surface area contributed by atoms with Crippen LogP contribution in [-0.2, 0) is 9.59 Å². The van der Waals surface area contributed by atoms with Gasteiger partial charge in [0.2, 0.25) is 5.91 Å². The molecular weight excluding hydrogens is 440 g/mol. The van der Waals surface area contributed by atoms with Crippen LogP contribution in [0, 0.1) is 5.92 Å². The second kappa shape index (κ2) is 12.2. The van der Waals surface area contributed by atoms with Gasteiger partial charge in [-0.05, 0) is 55.7 Å². The van der Waals surface area contributed by atoms with Gasteiger partial charge in [0, 0.05) is 65.1 Å². The number of carbonyl (C=O) groups is 2. The molecule has 4 rings (SSSR count). The predicted octanol–water partition coefficient (Wildman–Crippen LogP) is 3.29. The Hall–Kier alpha value is -2.87. The Morgan fingerprint density at radius 1 is 1.09 bits per heavy atom. The molecular formula is C27H40N6O2. The summed E-state index contributed by atoms with van der Waals surface area (Å²) in [7, 11) is 3.58. The first-order valence-electron chi connectivity index (χ1n) is 13.1. The van der Waals surface area contributed by atoms with Crippen LogP contribution in [0.4, 0.5) is 11.4 Å². The third kappa shape index (κ3) is 6.42. The van der Waals surface area contributed by atoms with Crippen LogP contribution in [0.2, 0.25) is 0 Å². The second-order valence-corrected chi connectivity index (χ2v) is 9.92. The number of likely N-dealkylation sites (N-methyl/N-ethyl adjacent to an activating group) is 1. The summed E-state index contributed by atoms with van der Waals surface area (Å²) in [6.45, 7) is 5.65. The average Bonchev–Trinajstić information content (AvgIpc) is 3.39. The highest BCUT2D eigenvalue weighted by Gasteiger charge is 2.26. The average molecular weight is 481 g/mol. The maximum Gasteiger partial charge on any atom is 0.227 e. The standard InChI is InChI=1S/C27H40N6O2/c1-28-23-18-30-33(20-23)25-11-13-31(14-12-25)19-21-9-15-32(16-10-21)24-7-5-22(6-8-24)26(4-3-17-34)27(35)29-2/h5-8,17-18,20-21,25-26,28H,3-4,9-16,19H2,1-2H3,(H,29,35). The van der Waals surface area contributed by atoms with Gasteiger partial charge in [-0.3, -0.25) is 9.48 Å². The van der Waals surface area contributed by atoms with Crippen molar-refractivity contribution in [3.05, 3.63) is 42.2 Å². The SMILES string of the molecule is CNC(=O)C(CCC=O)c1ccc(N2CCC(CN3CCC(n4cc(NC)cn4)CC3)CC2)cc1. The minimum absolute atomic E-state index is 0.0308. The maximum absolute atomic E-state index is 12.3. The Bertz CT molecular complexity index is 943. The number of hydrogen-bond donors (Lipinski definition) is 2. The molecule has 8 heteroatoms. The van der Waals surface area contributed by atoms with Crippen molar-refractivity contribution in [2.75, 3.05) is 57.0 Å². The molecule has 2 N–H and O–H groups in total. The van der Waals surface area contributed by atoms with E-state index in [0.717, 1.165) is 49.6 Å². The van der Waals surface area contributed by atoms with E-state index in [4.69, 9.17) is 0 Å². The fourth-order valence-electron chi connectivity index (χ4n) is 5.55. The van der Waals surface area contributed by atoms with Gasteiger partial charge in [-0.2, -0.15) is 5.10 Å². The maximum atomic E-state index is 12.3. The van der Waals surface area contributed by atoms with Crippen LogP contribution >= 0.6 is 0 Å². The molecule has 1 atom stereocenters. The van der Waals surface area contributed by atoms with Gasteiger partial charge in [0.05, 0.1) is 23.8 Å². The van der Waals surface area contributed by atoms with Crippen molar-refractivity contribution in [1.29, 1.82) is 0 Å².